The smallest absolute Gasteiger partial charge is 0.230 e. The molecule has 0 aromatic heterocycles. The normalized spacial score (nSPS) is 22.1. The van der Waals surface area contributed by atoms with Crippen molar-refractivity contribution in [3.05, 3.63) is 11.6 Å². The zero-order chi connectivity index (χ0) is 10.7. The van der Waals surface area contributed by atoms with E-state index in [0.717, 1.165) is 13.0 Å². The van der Waals surface area contributed by atoms with Crippen molar-refractivity contribution < 1.29 is 9.59 Å². The van der Waals surface area contributed by atoms with E-state index in [2.05, 4.69) is 6.08 Å². The third-order valence-electron chi connectivity index (χ3n) is 3.16. The molecule has 0 N–H and O–H groups in total. The Balaban J connectivity index is 1.80. The molecule has 2 rings (SSSR count). The van der Waals surface area contributed by atoms with Crippen LogP contribution in [-0.2, 0) is 9.59 Å². The van der Waals surface area contributed by atoms with Crippen LogP contribution in [0.4, 0.5) is 0 Å². The monoisotopic (exact) mass is 207 g/mol. The average molecular weight is 207 g/mol. The van der Waals surface area contributed by atoms with Crippen molar-refractivity contribution >= 4 is 11.7 Å². The molecule has 1 fully saturated rings. The van der Waals surface area contributed by atoms with Crippen LogP contribution in [0.5, 0.6) is 0 Å². The lowest BCUT2D eigenvalue weighted by molar-refractivity contribution is -0.127. The molecule has 1 aliphatic heterocycles. The van der Waals surface area contributed by atoms with Crippen LogP contribution in [0.25, 0.3) is 0 Å². The lowest BCUT2D eigenvalue weighted by atomic mass is 9.97. The van der Waals surface area contributed by atoms with Crippen LogP contribution in [-0.4, -0.2) is 29.7 Å². The number of carbonyl (C=O) groups is 2. The summed E-state index contributed by atoms with van der Waals surface area (Å²) in [6.45, 7) is 1.07. The summed E-state index contributed by atoms with van der Waals surface area (Å²) in [7, 11) is 0. The number of ketones is 1. The lowest BCUT2D eigenvalue weighted by Crippen LogP contribution is -2.26. The quantitative estimate of drug-likeness (QED) is 0.521. The highest BCUT2D eigenvalue weighted by atomic mass is 16.2. The molecule has 0 atom stereocenters. The predicted octanol–water partition coefficient (Wildman–Crippen LogP) is 1.68. The molecule has 82 valence electrons. The van der Waals surface area contributed by atoms with Gasteiger partial charge in [0.25, 0.3) is 0 Å². The summed E-state index contributed by atoms with van der Waals surface area (Å²) in [5.74, 6) is 0.0778. The van der Waals surface area contributed by atoms with Crippen molar-refractivity contribution in [1.82, 2.24) is 4.90 Å². The van der Waals surface area contributed by atoms with Crippen LogP contribution in [0.15, 0.2) is 11.6 Å². The average Bonchev–Trinajstić information content (AvgIpc) is 2.56. The summed E-state index contributed by atoms with van der Waals surface area (Å²) >= 11 is 0. The number of likely N-dealkylation sites (tertiary alicyclic amines) is 1. The molecule has 0 radical (unpaired) electrons. The van der Waals surface area contributed by atoms with E-state index >= 15 is 0 Å². The summed E-state index contributed by atoms with van der Waals surface area (Å²) in [6.07, 6.45) is 8.31. The molecule has 0 saturated carbocycles. The molecule has 15 heavy (non-hydrogen) atoms. The van der Waals surface area contributed by atoms with Gasteiger partial charge in [0.05, 0.1) is 13.0 Å². The van der Waals surface area contributed by atoms with Crippen molar-refractivity contribution in [3.63, 3.8) is 0 Å². The first-order valence-corrected chi connectivity index (χ1v) is 5.73. The summed E-state index contributed by atoms with van der Waals surface area (Å²) in [5.41, 5.74) is 1.47. The molecule has 0 aromatic carbocycles. The van der Waals surface area contributed by atoms with E-state index in [9.17, 15) is 9.59 Å². The second-order valence-electron chi connectivity index (χ2n) is 4.39. The van der Waals surface area contributed by atoms with Crippen LogP contribution in [0.3, 0.4) is 0 Å². The minimum Gasteiger partial charge on any atom is -0.335 e. The number of nitrogens with zero attached hydrogens (tertiary/aromatic N) is 1. The van der Waals surface area contributed by atoms with Gasteiger partial charge in [-0.1, -0.05) is 11.6 Å². The number of Topliss-reactive ketones (excluding diaryl/α,β-unsaturated/α-hetero) is 1. The Kier molecular flexibility index (Phi) is 3.19. The van der Waals surface area contributed by atoms with Crippen LogP contribution in [0, 0.1) is 0 Å². The lowest BCUT2D eigenvalue weighted by Gasteiger charge is -2.17. The third-order valence-corrected chi connectivity index (χ3v) is 3.16. The minimum atomic E-state index is 0.0106. The Hall–Kier alpha value is -1.12. The van der Waals surface area contributed by atoms with Gasteiger partial charge in [-0.15, -0.1) is 0 Å². The number of rotatable bonds is 3. The molecule has 0 bridgehead atoms. The van der Waals surface area contributed by atoms with Gasteiger partial charge in [0.15, 0.2) is 5.78 Å². The van der Waals surface area contributed by atoms with Gasteiger partial charge in [-0.3, -0.25) is 9.59 Å². The molecule has 1 amide bonds. The van der Waals surface area contributed by atoms with E-state index in [1.165, 1.54) is 31.3 Å². The van der Waals surface area contributed by atoms with E-state index < -0.39 is 0 Å². The maximum absolute atomic E-state index is 11.3. The van der Waals surface area contributed by atoms with Gasteiger partial charge in [0.2, 0.25) is 5.91 Å². The van der Waals surface area contributed by atoms with Crippen LogP contribution < -0.4 is 0 Å². The standard InChI is InChI=1S/C12H17NO2/c14-11-8-12(15)13(9-11)7-6-10-4-2-1-3-5-10/h4H,1-3,5-9H2. The van der Waals surface area contributed by atoms with Crippen molar-refractivity contribution in [2.24, 2.45) is 0 Å². The second kappa shape index (κ2) is 4.60. The van der Waals surface area contributed by atoms with E-state index in [1.807, 2.05) is 0 Å². The highest BCUT2D eigenvalue weighted by Crippen LogP contribution is 2.21. The Labute approximate surface area is 90.1 Å². The number of hydrogen-bond donors (Lipinski definition) is 0. The van der Waals surface area contributed by atoms with E-state index in [4.69, 9.17) is 0 Å². The van der Waals surface area contributed by atoms with Crippen LogP contribution in [0.1, 0.15) is 38.5 Å². The Morgan fingerprint density at radius 3 is 2.73 bits per heavy atom. The van der Waals surface area contributed by atoms with E-state index in [1.54, 1.807) is 4.90 Å². The van der Waals surface area contributed by atoms with Crippen LogP contribution in [0.2, 0.25) is 0 Å². The zero-order valence-corrected chi connectivity index (χ0v) is 9.00. The summed E-state index contributed by atoms with van der Waals surface area (Å²) in [6, 6.07) is 0. The Morgan fingerprint density at radius 2 is 2.13 bits per heavy atom. The highest BCUT2D eigenvalue weighted by Gasteiger charge is 2.26. The fourth-order valence-electron chi connectivity index (χ4n) is 2.25. The third kappa shape index (κ3) is 2.67. The molecule has 0 unspecified atom stereocenters. The maximum atomic E-state index is 11.3. The van der Waals surface area contributed by atoms with Crippen LogP contribution >= 0.6 is 0 Å². The molecule has 1 saturated heterocycles. The zero-order valence-electron chi connectivity index (χ0n) is 9.00. The van der Waals surface area contributed by atoms with Gasteiger partial charge in [-0.2, -0.15) is 0 Å². The fraction of sp³-hybridized carbons (Fsp3) is 0.667. The highest BCUT2D eigenvalue weighted by molar-refractivity contribution is 6.05. The summed E-state index contributed by atoms with van der Waals surface area (Å²) in [4.78, 5) is 24.1. The molecule has 0 aromatic rings. The summed E-state index contributed by atoms with van der Waals surface area (Å²) < 4.78 is 0. The van der Waals surface area contributed by atoms with Gasteiger partial charge in [0.1, 0.15) is 0 Å². The van der Waals surface area contributed by atoms with Crippen molar-refractivity contribution in [2.45, 2.75) is 38.5 Å². The molecular formula is C12H17NO2. The van der Waals surface area contributed by atoms with Crippen molar-refractivity contribution in [3.8, 4) is 0 Å². The number of amides is 1. The van der Waals surface area contributed by atoms with Gasteiger partial charge >= 0.3 is 0 Å². The Bertz CT molecular complexity index is 307. The molecule has 3 nitrogen and oxygen atoms in total. The Morgan fingerprint density at radius 1 is 1.27 bits per heavy atom. The number of carbonyl (C=O) groups excluding carboxylic acids is 2. The SMILES string of the molecule is O=C1CC(=O)N(CCC2=CCCCC2)C1. The molecule has 1 aliphatic carbocycles. The van der Waals surface area contributed by atoms with Gasteiger partial charge in [-0.25, -0.2) is 0 Å². The molecule has 3 heteroatoms. The van der Waals surface area contributed by atoms with Gasteiger partial charge < -0.3 is 4.90 Å². The second-order valence-corrected chi connectivity index (χ2v) is 4.39. The van der Waals surface area contributed by atoms with Crippen molar-refractivity contribution in [2.75, 3.05) is 13.1 Å². The molecule has 2 aliphatic rings. The number of allylic oxidation sites excluding steroid dienone is 1. The molecule has 1 heterocycles. The first-order chi connectivity index (χ1) is 7.25. The van der Waals surface area contributed by atoms with Crippen molar-refractivity contribution in [1.29, 1.82) is 0 Å². The van der Waals surface area contributed by atoms with E-state index in [-0.39, 0.29) is 18.1 Å². The van der Waals surface area contributed by atoms with Gasteiger partial charge in [0, 0.05) is 6.54 Å². The maximum Gasteiger partial charge on any atom is 0.230 e. The minimum absolute atomic E-state index is 0.0106. The largest absolute Gasteiger partial charge is 0.335 e. The van der Waals surface area contributed by atoms with E-state index in [0.29, 0.717) is 6.54 Å². The molecular weight excluding hydrogens is 190 g/mol. The number of hydrogen-bond acceptors (Lipinski definition) is 2. The summed E-state index contributed by atoms with van der Waals surface area (Å²) in [5, 5.41) is 0. The predicted molar refractivity (Wildman–Crippen MR) is 57.4 cm³/mol. The molecule has 0 spiro atoms. The first kappa shape index (κ1) is 10.4. The topological polar surface area (TPSA) is 37.4 Å². The fourth-order valence-corrected chi connectivity index (χ4v) is 2.25. The first-order valence-electron chi connectivity index (χ1n) is 5.73. The van der Waals surface area contributed by atoms with Gasteiger partial charge in [-0.05, 0) is 32.1 Å².